The van der Waals surface area contributed by atoms with Crippen molar-refractivity contribution >= 4 is 0 Å². The summed E-state index contributed by atoms with van der Waals surface area (Å²) < 4.78 is 8.31. The van der Waals surface area contributed by atoms with Crippen LogP contribution in [0.2, 0.25) is 0 Å². The van der Waals surface area contributed by atoms with Gasteiger partial charge >= 0.3 is 0 Å². The average molecular weight is 329 g/mol. The average Bonchev–Trinajstić information content (AvgIpc) is 3.19. The number of para-hydroxylation sites is 1. The fraction of sp³-hybridized carbons (Fsp3) is 0.304. The molecule has 1 fully saturated rings. The molecule has 3 aromatic rings. The lowest BCUT2D eigenvalue weighted by atomic mass is 10.0. The number of hydrogen-bond donors (Lipinski definition) is 0. The van der Waals surface area contributed by atoms with Crippen molar-refractivity contribution in [3.63, 3.8) is 0 Å². The van der Waals surface area contributed by atoms with Gasteiger partial charge in [0, 0.05) is 22.9 Å². The summed E-state index contributed by atoms with van der Waals surface area (Å²) in [5.41, 5.74) is 7.20. The summed E-state index contributed by atoms with van der Waals surface area (Å²) in [6.07, 6.45) is 4.84. The molecule has 1 saturated carbocycles. The van der Waals surface area contributed by atoms with Crippen LogP contribution in [0, 0.1) is 0 Å². The SMILES string of the molecule is COc1c2c(c([C@H]3C[C@@H]3c3ccccc3)n1-c1ccccc1)CCC2. The Morgan fingerprint density at radius 2 is 1.52 bits per heavy atom. The molecule has 0 saturated heterocycles. The molecule has 0 bridgehead atoms. The van der Waals surface area contributed by atoms with E-state index in [-0.39, 0.29) is 0 Å². The predicted octanol–water partition coefficient (Wildman–Crippen LogP) is 5.25. The van der Waals surface area contributed by atoms with Gasteiger partial charge in [0.25, 0.3) is 0 Å². The first-order chi connectivity index (χ1) is 12.4. The summed E-state index contributed by atoms with van der Waals surface area (Å²) in [6, 6.07) is 21.7. The highest BCUT2D eigenvalue weighted by atomic mass is 16.5. The fourth-order valence-electron chi connectivity index (χ4n) is 4.65. The number of benzene rings is 2. The molecule has 2 atom stereocenters. The van der Waals surface area contributed by atoms with Crippen LogP contribution in [0.25, 0.3) is 5.69 Å². The molecule has 1 aromatic heterocycles. The molecule has 2 aliphatic carbocycles. The maximum absolute atomic E-state index is 5.91. The van der Waals surface area contributed by atoms with Gasteiger partial charge in [-0.15, -0.1) is 0 Å². The molecule has 2 heteroatoms. The molecule has 0 amide bonds. The highest BCUT2D eigenvalue weighted by Crippen LogP contribution is 2.58. The minimum absolute atomic E-state index is 0.610. The minimum atomic E-state index is 0.610. The third kappa shape index (κ3) is 2.31. The van der Waals surface area contributed by atoms with Gasteiger partial charge in [-0.2, -0.15) is 0 Å². The molecule has 126 valence electrons. The van der Waals surface area contributed by atoms with Crippen molar-refractivity contribution in [2.45, 2.75) is 37.5 Å². The highest BCUT2D eigenvalue weighted by Gasteiger charge is 2.45. The van der Waals surface area contributed by atoms with Crippen LogP contribution in [0.15, 0.2) is 60.7 Å². The Kier molecular flexibility index (Phi) is 3.44. The lowest BCUT2D eigenvalue weighted by Gasteiger charge is -2.15. The van der Waals surface area contributed by atoms with Gasteiger partial charge in [0.05, 0.1) is 7.11 Å². The van der Waals surface area contributed by atoms with Gasteiger partial charge in [-0.25, -0.2) is 0 Å². The zero-order valence-corrected chi connectivity index (χ0v) is 14.6. The standard InChI is InChI=1S/C23H23NO/c1-25-23-19-14-8-13-18(19)22(24(23)17-11-6-3-7-12-17)21-15-20(21)16-9-4-2-5-10-16/h2-7,9-12,20-21H,8,13-15H2,1H3/t20-,21+/m1/s1. The Bertz CT molecular complexity index is 895. The molecular formula is C23H23NO. The van der Waals surface area contributed by atoms with E-state index in [4.69, 9.17) is 4.74 Å². The number of rotatable bonds is 4. The van der Waals surface area contributed by atoms with E-state index in [0.717, 1.165) is 12.3 Å². The number of hydrogen-bond acceptors (Lipinski definition) is 1. The minimum Gasteiger partial charge on any atom is -0.482 e. The normalized spacial score (nSPS) is 21.2. The maximum Gasteiger partial charge on any atom is 0.201 e. The quantitative estimate of drug-likeness (QED) is 0.638. The summed E-state index contributed by atoms with van der Waals surface area (Å²) >= 11 is 0. The lowest BCUT2D eigenvalue weighted by Crippen LogP contribution is -2.04. The largest absolute Gasteiger partial charge is 0.482 e. The third-order valence-electron chi connectivity index (χ3n) is 5.81. The topological polar surface area (TPSA) is 14.2 Å². The lowest BCUT2D eigenvalue weighted by molar-refractivity contribution is 0.383. The van der Waals surface area contributed by atoms with Crippen LogP contribution in [0.5, 0.6) is 5.88 Å². The van der Waals surface area contributed by atoms with Crippen LogP contribution < -0.4 is 4.74 Å². The zero-order valence-electron chi connectivity index (χ0n) is 14.6. The van der Waals surface area contributed by atoms with Gasteiger partial charge in [-0.1, -0.05) is 48.5 Å². The van der Waals surface area contributed by atoms with E-state index in [1.165, 1.54) is 41.8 Å². The van der Waals surface area contributed by atoms with Gasteiger partial charge in [0.1, 0.15) is 0 Å². The Morgan fingerprint density at radius 1 is 0.840 bits per heavy atom. The molecule has 2 aromatic carbocycles. The van der Waals surface area contributed by atoms with E-state index < -0.39 is 0 Å². The van der Waals surface area contributed by atoms with E-state index >= 15 is 0 Å². The Hall–Kier alpha value is -2.48. The highest BCUT2D eigenvalue weighted by molar-refractivity contribution is 5.55. The second kappa shape index (κ2) is 5.80. The van der Waals surface area contributed by atoms with Crippen LogP contribution >= 0.6 is 0 Å². The molecular weight excluding hydrogens is 306 g/mol. The van der Waals surface area contributed by atoms with Crippen LogP contribution in [0.3, 0.4) is 0 Å². The molecule has 1 heterocycles. The van der Waals surface area contributed by atoms with Gasteiger partial charge in [-0.05, 0) is 54.9 Å². The van der Waals surface area contributed by atoms with Gasteiger partial charge in [-0.3, -0.25) is 4.57 Å². The monoisotopic (exact) mass is 329 g/mol. The second-order valence-electron chi connectivity index (χ2n) is 7.24. The maximum atomic E-state index is 5.91. The van der Waals surface area contributed by atoms with Crippen LogP contribution in [-0.2, 0) is 12.8 Å². The Morgan fingerprint density at radius 3 is 2.24 bits per heavy atom. The number of ether oxygens (including phenoxy) is 1. The summed E-state index contributed by atoms with van der Waals surface area (Å²) in [5, 5.41) is 0. The molecule has 5 rings (SSSR count). The molecule has 25 heavy (non-hydrogen) atoms. The van der Waals surface area contributed by atoms with Crippen molar-refractivity contribution < 1.29 is 4.74 Å². The van der Waals surface area contributed by atoms with Crippen molar-refractivity contribution in [2.75, 3.05) is 7.11 Å². The van der Waals surface area contributed by atoms with Gasteiger partial charge < -0.3 is 4.74 Å². The Labute approximate surface area is 149 Å². The van der Waals surface area contributed by atoms with Gasteiger partial charge in [0.2, 0.25) is 5.88 Å². The first kappa shape index (κ1) is 14.8. The number of aromatic nitrogens is 1. The number of nitrogens with zero attached hydrogens (tertiary/aromatic N) is 1. The second-order valence-corrected chi connectivity index (χ2v) is 7.24. The molecule has 0 radical (unpaired) electrons. The third-order valence-corrected chi connectivity index (χ3v) is 5.81. The smallest absolute Gasteiger partial charge is 0.201 e. The van der Waals surface area contributed by atoms with Crippen LogP contribution in [0.1, 0.15) is 47.1 Å². The fourth-order valence-corrected chi connectivity index (χ4v) is 4.65. The van der Waals surface area contributed by atoms with Crippen LogP contribution in [-0.4, -0.2) is 11.7 Å². The van der Waals surface area contributed by atoms with E-state index in [0.29, 0.717) is 11.8 Å². The van der Waals surface area contributed by atoms with Crippen molar-refractivity contribution in [3.8, 4) is 11.6 Å². The molecule has 0 spiro atoms. The van der Waals surface area contributed by atoms with E-state index in [1.807, 2.05) is 7.11 Å². The van der Waals surface area contributed by atoms with E-state index in [2.05, 4.69) is 65.2 Å². The molecule has 0 unspecified atom stereocenters. The summed E-state index contributed by atoms with van der Waals surface area (Å²) in [7, 11) is 1.82. The van der Waals surface area contributed by atoms with Crippen molar-refractivity contribution in [1.82, 2.24) is 4.57 Å². The first-order valence-corrected chi connectivity index (χ1v) is 9.29. The number of fused-ring (bicyclic) bond motifs is 1. The first-order valence-electron chi connectivity index (χ1n) is 9.29. The van der Waals surface area contributed by atoms with Gasteiger partial charge in [0.15, 0.2) is 0 Å². The molecule has 2 nitrogen and oxygen atoms in total. The van der Waals surface area contributed by atoms with Crippen LogP contribution in [0.4, 0.5) is 0 Å². The van der Waals surface area contributed by atoms with E-state index in [9.17, 15) is 0 Å². The van der Waals surface area contributed by atoms with E-state index in [1.54, 1.807) is 5.56 Å². The predicted molar refractivity (Wildman–Crippen MR) is 101 cm³/mol. The zero-order chi connectivity index (χ0) is 16.8. The molecule has 0 N–H and O–H groups in total. The summed E-state index contributed by atoms with van der Waals surface area (Å²) in [5.74, 6) is 2.32. The molecule has 2 aliphatic rings. The summed E-state index contributed by atoms with van der Waals surface area (Å²) in [4.78, 5) is 0. The molecule has 0 aliphatic heterocycles. The number of methoxy groups -OCH3 is 1. The van der Waals surface area contributed by atoms with Crippen molar-refractivity contribution in [1.29, 1.82) is 0 Å². The van der Waals surface area contributed by atoms with Crippen molar-refractivity contribution in [2.24, 2.45) is 0 Å². The van der Waals surface area contributed by atoms with Crippen molar-refractivity contribution in [3.05, 3.63) is 83.0 Å². The Balaban J connectivity index is 1.65. The summed E-state index contributed by atoms with van der Waals surface area (Å²) in [6.45, 7) is 0.